The quantitative estimate of drug-likeness (QED) is 0.813. The van der Waals surface area contributed by atoms with Crippen LogP contribution in [0.4, 0.5) is 0 Å². The summed E-state index contributed by atoms with van der Waals surface area (Å²) in [4.78, 5) is 25.7. The highest BCUT2D eigenvalue weighted by atomic mass is 16.2. The summed E-state index contributed by atoms with van der Waals surface area (Å²) >= 11 is 0. The molecule has 1 saturated heterocycles. The molecule has 0 N–H and O–H groups in total. The van der Waals surface area contributed by atoms with Gasteiger partial charge in [-0.25, -0.2) is 0 Å². The summed E-state index contributed by atoms with van der Waals surface area (Å²) in [6.07, 6.45) is 6.00. The molecule has 3 rings (SSSR count). The number of nitrogens with zero attached hydrogens (tertiary/aromatic N) is 2. The van der Waals surface area contributed by atoms with Gasteiger partial charge in [0.05, 0.1) is 0 Å². The highest BCUT2D eigenvalue weighted by Crippen LogP contribution is 2.21. The van der Waals surface area contributed by atoms with Crippen molar-refractivity contribution in [2.75, 3.05) is 6.54 Å². The van der Waals surface area contributed by atoms with Crippen LogP contribution < -0.4 is 0 Å². The highest BCUT2D eigenvalue weighted by Gasteiger charge is 2.23. The van der Waals surface area contributed by atoms with Gasteiger partial charge in [0.15, 0.2) is 6.29 Å². The van der Waals surface area contributed by atoms with Crippen molar-refractivity contribution in [3.8, 4) is 0 Å². The molecule has 1 fully saturated rings. The largest absolute Gasteiger partial charge is 0.338 e. The highest BCUT2D eigenvalue weighted by molar-refractivity contribution is 5.98. The molecule has 4 nitrogen and oxygen atoms in total. The fourth-order valence-corrected chi connectivity index (χ4v) is 3.21. The number of amides is 1. The first kappa shape index (κ1) is 13.9. The molecule has 4 heteroatoms. The molecule has 0 aliphatic carbocycles. The maximum atomic E-state index is 12.5. The Balaban J connectivity index is 1.87. The molecule has 0 radical (unpaired) electrons. The molecular weight excluding hydrogens is 264 g/mol. The lowest BCUT2D eigenvalue weighted by Crippen LogP contribution is -2.43. The summed E-state index contributed by atoms with van der Waals surface area (Å²) in [6.45, 7) is 3.26. The van der Waals surface area contributed by atoms with Gasteiger partial charge < -0.3 is 9.47 Å². The maximum Gasteiger partial charge on any atom is 0.242 e. The van der Waals surface area contributed by atoms with Gasteiger partial charge in [-0.15, -0.1) is 0 Å². The number of carbonyl (C=O) groups excluding carboxylic acids is 2. The summed E-state index contributed by atoms with van der Waals surface area (Å²) in [5.74, 6) is 0.139. The van der Waals surface area contributed by atoms with Crippen LogP contribution >= 0.6 is 0 Å². The van der Waals surface area contributed by atoms with Crippen molar-refractivity contribution in [3.63, 3.8) is 0 Å². The number of hydrogen-bond acceptors (Lipinski definition) is 2. The SMILES string of the molecule is C[C@@H]1CCCCN1C(=O)Cn1cc(C=O)c2ccccc21. The Labute approximate surface area is 124 Å². The maximum absolute atomic E-state index is 12.5. The van der Waals surface area contributed by atoms with E-state index < -0.39 is 0 Å². The zero-order valence-electron chi connectivity index (χ0n) is 12.3. The molecule has 1 aliphatic heterocycles. The fraction of sp³-hybridized carbons (Fsp3) is 0.412. The van der Waals surface area contributed by atoms with Crippen molar-refractivity contribution in [3.05, 3.63) is 36.0 Å². The summed E-state index contributed by atoms with van der Waals surface area (Å²) in [6, 6.07) is 8.03. The Kier molecular flexibility index (Phi) is 3.78. The minimum atomic E-state index is 0.139. The zero-order chi connectivity index (χ0) is 14.8. The normalized spacial score (nSPS) is 18.9. The summed E-state index contributed by atoms with van der Waals surface area (Å²) in [5.41, 5.74) is 1.59. The van der Waals surface area contributed by atoms with Crippen LogP contribution in [0.1, 0.15) is 36.5 Å². The molecule has 0 unspecified atom stereocenters. The second-order valence-electron chi connectivity index (χ2n) is 5.78. The van der Waals surface area contributed by atoms with Gasteiger partial charge in [-0.2, -0.15) is 0 Å². The zero-order valence-corrected chi connectivity index (χ0v) is 12.3. The van der Waals surface area contributed by atoms with Crippen molar-refractivity contribution >= 4 is 23.1 Å². The Bertz CT molecular complexity index is 674. The van der Waals surface area contributed by atoms with Gasteiger partial charge in [-0.1, -0.05) is 18.2 Å². The Morgan fingerprint density at radius 1 is 1.33 bits per heavy atom. The molecular formula is C17H20N2O2. The third-order valence-corrected chi connectivity index (χ3v) is 4.38. The molecule has 110 valence electrons. The number of carbonyl (C=O) groups is 2. The number of aromatic nitrogens is 1. The van der Waals surface area contributed by atoms with E-state index in [9.17, 15) is 9.59 Å². The third-order valence-electron chi connectivity index (χ3n) is 4.38. The number of hydrogen-bond donors (Lipinski definition) is 0. The van der Waals surface area contributed by atoms with E-state index in [1.807, 2.05) is 33.7 Å². The number of rotatable bonds is 3. The first-order chi connectivity index (χ1) is 10.2. The van der Waals surface area contributed by atoms with E-state index in [4.69, 9.17) is 0 Å². The standard InChI is InChI=1S/C17H20N2O2/c1-13-6-4-5-9-19(13)17(21)11-18-10-14(12-20)15-7-2-3-8-16(15)18/h2-3,7-8,10,12-13H,4-6,9,11H2,1H3/t13-/m1/s1. The van der Waals surface area contributed by atoms with Crippen LogP contribution in [0.2, 0.25) is 0 Å². The molecule has 0 spiro atoms. The van der Waals surface area contributed by atoms with Crippen LogP contribution in [0.5, 0.6) is 0 Å². The molecule has 1 aromatic carbocycles. The van der Waals surface area contributed by atoms with E-state index in [1.165, 1.54) is 6.42 Å². The van der Waals surface area contributed by atoms with Gasteiger partial charge in [0.1, 0.15) is 6.54 Å². The molecule has 2 aromatic rings. The van der Waals surface area contributed by atoms with Gasteiger partial charge in [-0.05, 0) is 32.3 Å². The van der Waals surface area contributed by atoms with Crippen molar-refractivity contribution in [1.82, 2.24) is 9.47 Å². The lowest BCUT2D eigenvalue weighted by molar-refractivity contribution is -0.135. The van der Waals surface area contributed by atoms with Crippen LogP contribution in [0.15, 0.2) is 30.5 Å². The van der Waals surface area contributed by atoms with Crippen molar-refractivity contribution < 1.29 is 9.59 Å². The van der Waals surface area contributed by atoms with Gasteiger partial charge in [-0.3, -0.25) is 9.59 Å². The summed E-state index contributed by atoms with van der Waals surface area (Å²) in [5, 5.41) is 0.909. The Morgan fingerprint density at radius 3 is 2.90 bits per heavy atom. The average molecular weight is 284 g/mol. The van der Waals surface area contributed by atoms with Gasteiger partial charge in [0.25, 0.3) is 0 Å². The number of fused-ring (bicyclic) bond motifs is 1. The second kappa shape index (κ2) is 5.72. The molecule has 0 bridgehead atoms. The molecule has 1 aliphatic rings. The number of aldehydes is 1. The number of para-hydroxylation sites is 1. The number of benzene rings is 1. The summed E-state index contributed by atoms with van der Waals surface area (Å²) in [7, 11) is 0. The predicted molar refractivity (Wildman–Crippen MR) is 82.4 cm³/mol. The number of likely N-dealkylation sites (tertiary alicyclic amines) is 1. The third kappa shape index (κ3) is 2.58. The van der Waals surface area contributed by atoms with Crippen LogP contribution in [-0.2, 0) is 11.3 Å². The van der Waals surface area contributed by atoms with Crippen molar-refractivity contribution in [2.24, 2.45) is 0 Å². The van der Waals surface area contributed by atoms with E-state index >= 15 is 0 Å². The Morgan fingerprint density at radius 2 is 2.14 bits per heavy atom. The predicted octanol–water partition coefficient (Wildman–Crippen LogP) is 2.85. The van der Waals surface area contributed by atoms with Gasteiger partial charge in [0.2, 0.25) is 5.91 Å². The minimum absolute atomic E-state index is 0.139. The van der Waals surface area contributed by atoms with E-state index in [0.29, 0.717) is 18.2 Å². The minimum Gasteiger partial charge on any atom is -0.338 e. The molecule has 2 heterocycles. The van der Waals surface area contributed by atoms with Crippen molar-refractivity contribution in [2.45, 2.75) is 38.8 Å². The molecule has 1 aromatic heterocycles. The van der Waals surface area contributed by atoms with Crippen LogP contribution in [0, 0.1) is 0 Å². The lowest BCUT2D eigenvalue weighted by Gasteiger charge is -2.33. The van der Waals surface area contributed by atoms with E-state index in [-0.39, 0.29) is 5.91 Å². The van der Waals surface area contributed by atoms with E-state index in [0.717, 1.165) is 36.6 Å². The number of piperidine rings is 1. The second-order valence-corrected chi connectivity index (χ2v) is 5.78. The summed E-state index contributed by atoms with van der Waals surface area (Å²) < 4.78 is 1.89. The van der Waals surface area contributed by atoms with E-state index in [1.54, 1.807) is 6.20 Å². The van der Waals surface area contributed by atoms with Crippen LogP contribution in [0.3, 0.4) is 0 Å². The Hall–Kier alpha value is -2.10. The topological polar surface area (TPSA) is 42.3 Å². The molecule has 1 atom stereocenters. The average Bonchev–Trinajstić information content (AvgIpc) is 2.86. The van der Waals surface area contributed by atoms with E-state index in [2.05, 4.69) is 6.92 Å². The monoisotopic (exact) mass is 284 g/mol. The van der Waals surface area contributed by atoms with Crippen molar-refractivity contribution in [1.29, 1.82) is 0 Å². The molecule has 0 saturated carbocycles. The van der Waals surface area contributed by atoms with Crippen LogP contribution in [0.25, 0.3) is 10.9 Å². The van der Waals surface area contributed by atoms with Crippen LogP contribution in [-0.4, -0.2) is 34.2 Å². The van der Waals surface area contributed by atoms with Gasteiger partial charge in [0, 0.05) is 35.2 Å². The first-order valence-electron chi connectivity index (χ1n) is 7.53. The molecule has 21 heavy (non-hydrogen) atoms. The smallest absolute Gasteiger partial charge is 0.242 e. The fourth-order valence-electron chi connectivity index (χ4n) is 3.21. The molecule has 1 amide bonds. The first-order valence-corrected chi connectivity index (χ1v) is 7.53. The lowest BCUT2D eigenvalue weighted by atomic mass is 10.0. The van der Waals surface area contributed by atoms with Gasteiger partial charge >= 0.3 is 0 Å².